The Morgan fingerprint density at radius 3 is 2.21 bits per heavy atom. The minimum atomic E-state index is 0. The van der Waals surface area contributed by atoms with Crippen LogP contribution in [0.25, 0.3) is 0 Å². The molecule has 0 spiro atoms. The van der Waals surface area contributed by atoms with Gasteiger partial charge in [0.1, 0.15) is 12.9 Å². The summed E-state index contributed by atoms with van der Waals surface area (Å²) in [4.78, 5) is 15.6. The number of hydrogen-bond donors (Lipinski definition) is 0. The van der Waals surface area contributed by atoms with E-state index < -0.39 is 0 Å². The third-order valence-electron chi connectivity index (χ3n) is 2.69. The number of carbonyl (C=O) groups excluding carboxylic acids is 1. The largest absolute Gasteiger partial charge is 0.490 e. The number of oxime groups is 1. The number of para-hydroxylation sites is 1. The molecule has 2 rings (SSSR count). The quantitative estimate of drug-likeness (QED) is 0.413. The third kappa shape index (κ3) is 7.84. The number of hydrogen-bond acceptors (Lipinski definition) is 4. The monoisotopic (exact) mass is 402 g/mol. The minimum Gasteiger partial charge on any atom is -0.490 e. The first-order chi connectivity index (χ1) is 10.8. The van der Waals surface area contributed by atoms with Gasteiger partial charge in [0.2, 0.25) is 0 Å². The summed E-state index contributed by atoms with van der Waals surface area (Å²) in [5.41, 5.74) is 1.62. The average molecular weight is 402 g/mol. The van der Waals surface area contributed by atoms with Crippen LogP contribution < -0.4 is 4.74 Å². The number of rotatable bonds is 6. The van der Waals surface area contributed by atoms with Gasteiger partial charge in [-0.25, -0.2) is 0 Å². The van der Waals surface area contributed by atoms with Crippen molar-refractivity contribution in [3.8, 4) is 5.75 Å². The maximum absolute atomic E-state index is 10.9. The van der Waals surface area contributed by atoms with E-state index in [1.165, 1.54) is 7.11 Å². The van der Waals surface area contributed by atoms with Gasteiger partial charge in [-0.2, -0.15) is 0 Å². The summed E-state index contributed by atoms with van der Waals surface area (Å²) in [5, 5.41) is 3.67. The van der Waals surface area contributed by atoms with Crippen LogP contribution in [0.5, 0.6) is 5.75 Å². The van der Waals surface area contributed by atoms with Crippen molar-refractivity contribution >= 4 is 12.0 Å². The van der Waals surface area contributed by atoms with E-state index in [1.807, 2.05) is 62.4 Å². The van der Waals surface area contributed by atoms with Crippen molar-refractivity contribution in [2.24, 2.45) is 5.16 Å². The van der Waals surface area contributed by atoms with Crippen molar-refractivity contribution in [1.82, 2.24) is 0 Å². The molecule has 0 aliphatic rings. The molecule has 0 amide bonds. The predicted molar refractivity (Wildman–Crippen MR) is 94.2 cm³/mol. The van der Waals surface area contributed by atoms with Gasteiger partial charge < -0.3 is 21.8 Å². The topological polar surface area (TPSA) is 47.9 Å². The fraction of sp³-hybridized carbons (Fsp3) is 0.211. The molecule has 0 heterocycles. The van der Waals surface area contributed by atoms with Crippen LogP contribution in [0.2, 0.25) is 0 Å². The van der Waals surface area contributed by atoms with Gasteiger partial charge in [-0.3, -0.25) is 0 Å². The first-order valence-electron chi connectivity index (χ1n) is 7.10. The summed E-state index contributed by atoms with van der Waals surface area (Å²) in [6, 6.07) is 16.8. The standard InChI is InChI=1S/C16H14NO3.C2H6.CH3.Y/c1-19-17-16(11-18)15-10-6-5-7-13(15)12-20-14-8-3-2-4-9-14;1-2;;/h2-10H,12H2,1H3;1-2H3;1H3;/q-1;;-1;/b17-16-;;;. The molecule has 0 N–H and O–H groups in total. The molecule has 0 aliphatic heterocycles. The Labute approximate surface area is 170 Å². The molecule has 0 bridgehead atoms. The molecule has 0 fully saturated rings. The summed E-state index contributed by atoms with van der Waals surface area (Å²) in [5.74, 6) is 0.766. The average Bonchev–Trinajstić information content (AvgIpc) is 2.61. The Balaban J connectivity index is 0. The number of nitrogens with zero attached hydrogens (tertiary/aromatic N) is 1. The van der Waals surface area contributed by atoms with Crippen molar-refractivity contribution in [2.45, 2.75) is 20.5 Å². The summed E-state index contributed by atoms with van der Waals surface area (Å²) in [6.45, 7) is 4.34. The smallest absolute Gasteiger partial charge is 0.119 e. The first-order valence-corrected chi connectivity index (χ1v) is 7.10. The van der Waals surface area contributed by atoms with Crippen molar-refractivity contribution in [2.75, 3.05) is 7.11 Å². The number of ether oxygens (including phenoxy) is 1. The maximum atomic E-state index is 10.9. The normalized spacial score (nSPS) is 9.38. The molecule has 2 aromatic carbocycles. The van der Waals surface area contributed by atoms with E-state index in [1.54, 1.807) is 12.4 Å². The van der Waals surface area contributed by atoms with Crippen molar-refractivity contribution in [1.29, 1.82) is 0 Å². The van der Waals surface area contributed by atoms with Crippen LogP contribution in [0.15, 0.2) is 59.8 Å². The number of benzene rings is 2. The predicted octanol–water partition coefficient (Wildman–Crippen LogP) is 4.20. The maximum Gasteiger partial charge on any atom is 0.119 e. The van der Waals surface area contributed by atoms with Crippen molar-refractivity contribution < 1.29 is 47.1 Å². The molecule has 1 radical (unpaired) electrons. The van der Waals surface area contributed by atoms with Crippen LogP contribution in [0.3, 0.4) is 0 Å². The van der Waals surface area contributed by atoms with Gasteiger partial charge in [0.25, 0.3) is 0 Å². The van der Waals surface area contributed by atoms with Crippen molar-refractivity contribution in [3.63, 3.8) is 0 Å². The molecule has 4 nitrogen and oxygen atoms in total. The molecular weight excluding hydrogens is 379 g/mol. The van der Waals surface area contributed by atoms with Gasteiger partial charge in [0.05, 0.1) is 6.61 Å². The Bertz CT molecular complexity index is 601. The summed E-state index contributed by atoms with van der Waals surface area (Å²) >= 11 is 0. The van der Waals surface area contributed by atoms with E-state index in [0.717, 1.165) is 11.3 Å². The zero-order valence-electron chi connectivity index (χ0n) is 14.7. The molecule has 0 aromatic heterocycles. The molecule has 0 aliphatic carbocycles. The van der Waals surface area contributed by atoms with E-state index in [2.05, 4.69) is 9.99 Å². The Hall–Kier alpha value is -1.52. The zero-order chi connectivity index (χ0) is 16.2. The first kappa shape index (κ1) is 24.7. The van der Waals surface area contributed by atoms with Gasteiger partial charge in [0, 0.05) is 39.0 Å². The van der Waals surface area contributed by atoms with E-state index in [4.69, 9.17) is 4.74 Å². The molecule has 0 unspecified atom stereocenters. The Kier molecular flexibility index (Phi) is 15.5. The molecule has 0 saturated heterocycles. The zero-order valence-corrected chi connectivity index (χ0v) is 17.5. The second-order valence-corrected chi connectivity index (χ2v) is 3.98. The van der Waals surface area contributed by atoms with Crippen LogP contribution in [0.4, 0.5) is 0 Å². The fourth-order valence-corrected chi connectivity index (χ4v) is 1.77. The Morgan fingerprint density at radius 1 is 1.04 bits per heavy atom. The molecule has 0 saturated carbocycles. The molecular formula is C19H23NO3Y-2. The van der Waals surface area contributed by atoms with E-state index in [9.17, 15) is 4.79 Å². The van der Waals surface area contributed by atoms with E-state index >= 15 is 0 Å². The summed E-state index contributed by atoms with van der Waals surface area (Å²) in [7, 11) is 1.39. The van der Waals surface area contributed by atoms with Crippen LogP contribution in [-0.2, 0) is 48.9 Å². The van der Waals surface area contributed by atoms with Gasteiger partial charge in [0.15, 0.2) is 0 Å². The summed E-state index contributed by atoms with van der Waals surface area (Å²) < 4.78 is 5.68. The van der Waals surface area contributed by atoms with Crippen molar-refractivity contribution in [3.05, 3.63) is 73.2 Å². The minimum absolute atomic E-state index is 0. The summed E-state index contributed by atoms with van der Waals surface area (Å²) in [6.07, 6.45) is 1.78. The van der Waals surface area contributed by atoms with Crippen LogP contribution in [0, 0.1) is 7.43 Å². The Morgan fingerprint density at radius 2 is 1.62 bits per heavy atom. The molecule has 2 aromatic rings. The second kappa shape index (κ2) is 15.0. The van der Waals surface area contributed by atoms with E-state index in [0.29, 0.717) is 12.2 Å². The van der Waals surface area contributed by atoms with Gasteiger partial charge in [-0.15, -0.1) is 16.8 Å². The fourth-order valence-electron chi connectivity index (χ4n) is 1.77. The van der Waals surface area contributed by atoms with Gasteiger partial charge >= 0.3 is 0 Å². The van der Waals surface area contributed by atoms with Gasteiger partial charge in [-0.05, 0) is 17.8 Å². The van der Waals surface area contributed by atoms with Crippen LogP contribution in [0.1, 0.15) is 25.0 Å². The molecule has 0 atom stereocenters. The van der Waals surface area contributed by atoms with Crippen LogP contribution in [-0.4, -0.2) is 19.1 Å². The molecule has 24 heavy (non-hydrogen) atoms. The molecule has 127 valence electrons. The molecule has 5 heteroatoms. The van der Waals surface area contributed by atoms with Crippen LogP contribution >= 0.6 is 0 Å². The van der Waals surface area contributed by atoms with E-state index in [-0.39, 0.29) is 45.8 Å². The second-order valence-electron chi connectivity index (χ2n) is 3.98. The SMILES string of the molecule is CC.CO/N=C(/[C-]=O)c1ccccc1COc1ccccc1.[CH3-].[Y]. The van der Waals surface area contributed by atoms with Gasteiger partial charge in [-0.1, -0.05) is 55.8 Å². The third-order valence-corrected chi connectivity index (χ3v) is 2.69.